The summed E-state index contributed by atoms with van der Waals surface area (Å²) in [5.74, 6) is 0.512. The van der Waals surface area contributed by atoms with Crippen molar-refractivity contribution >= 4 is 17.6 Å². The van der Waals surface area contributed by atoms with E-state index in [2.05, 4.69) is 12.2 Å². The summed E-state index contributed by atoms with van der Waals surface area (Å²) < 4.78 is 5.55. The molecule has 2 rings (SSSR count). The van der Waals surface area contributed by atoms with Gasteiger partial charge in [-0.15, -0.1) is 0 Å². The Bertz CT molecular complexity index is 407. The van der Waals surface area contributed by atoms with Gasteiger partial charge in [-0.1, -0.05) is 13.8 Å². The molecule has 1 heterocycles. The number of carbonyl (C=O) groups is 3. The van der Waals surface area contributed by atoms with Crippen molar-refractivity contribution in [3.8, 4) is 0 Å². The Balaban J connectivity index is 1.76. The SMILES string of the molecule is CC1CC(C)C(=O)C(CCOC2CCC(=O)NC2=O)C1. The zero-order chi connectivity index (χ0) is 14.7. The maximum absolute atomic E-state index is 12.1. The third-order valence-electron chi connectivity index (χ3n) is 4.30. The van der Waals surface area contributed by atoms with E-state index in [4.69, 9.17) is 4.74 Å². The highest BCUT2D eigenvalue weighted by Gasteiger charge is 2.32. The highest BCUT2D eigenvalue weighted by molar-refractivity contribution is 5.99. The molecule has 1 N–H and O–H groups in total. The number of ketones is 1. The smallest absolute Gasteiger partial charge is 0.255 e. The monoisotopic (exact) mass is 281 g/mol. The van der Waals surface area contributed by atoms with Crippen LogP contribution >= 0.6 is 0 Å². The fourth-order valence-corrected chi connectivity index (χ4v) is 3.27. The largest absolute Gasteiger partial charge is 0.368 e. The van der Waals surface area contributed by atoms with Crippen molar-refractivity contribution in [2.45, 2.75) is 52.1 Å². The van der Waals surface area contributed by atoms with Gasteiger partial charge >= 0.3 is 0 Å². The fourth-order valence-electron chi connectivity index (χ4n) is 3.27. The van der Waals surface area contributed by atoms with Crippen LogP contribution in [0.1, 0.15) is 46.0 Å². The predicted molar refractivity (Wildman–Crippen MR) is 72.8 cm³/mol. The van der Waals surface area contributed by atoms with Crippen LogP contribution in [0.2, 0.25) is 0 Å². The molecule has 0 spiro atoms. The van der Waals surface area contributed by atoms with Crippen LogP contribution in [-0.2, 0) is 19.1 Å². The van der Waals surface area contributed by atoms with Gasteiger partial charge in [-0.3, -0.25) is 19.7 Å². The van der Waals surface area contributed by atoms with Gasteiger partial charge in [0.1, 0.15) is 11.9 Å². The number of Topliss-reactive ketones (excluding diaryl/α,β-unsaturated/α-hetero) is 1. The van der Waals surface area contributed by atoms with Crippen molar-refractivity contribution in [1.82, 2.24) is 5.32 Å². The number of rotatable bonds is 4. The lowest BCUT2D eigenvalue weighted by atomic mass is 9.74. The first-order valence-electron chi connectivity index (χ1n) is 7.46. The van der Waals surface area contributed by atoms with Gasteiger partial charge in [0.25, 0.3) is 5.91 Å². The number of ether oxygens (including phenoxy) is 1. The Morgan fingerprint density at radius 1 is 1.20 bits per heavy atom. The molecule has 2 fully saturated rings. The van der Waals surface area contributed by atoms with E-state index in [0.717, 1.165) is 12.8 Å². The van der Waals surface area contributed by atoms with Gasteiger partial charge in [-0.2, -0.15) is 0 Å². The Morgan fingerprint density at radius 3 is 2.65 bits per heavy atom. The summed E-state index contributed by atoms with van der Waals surface area (Å²) in [6, 6.07) is 0. The molecule has 5 heteroatoms. The summed E-state index contributed by atoms with van der Waals surface area (Å²) >= 11 is 0. The molecular formula is C15H23NO4. The third kappa shape index (κ3) is 3.66. The predicted octanol–water partition coefficient (Wildman–Crippen LogP) is 1.45. The number of hydrogen-bond donors (Lipinski definition) is 1. The van der Waals surface area contributed by atoms with Crippen molar-refractivity contribution in [3.05, 3.63) is 0 Å². The standard InChI is InChI=1S/C15H23NO4/c1-9-7-10(2)14(18)11(8-9)5-6-20-12-3-4-13(17)16-15(12)19/h9-12H,3-8H2,1-2H3,(H,16,17,19). The number of nitrogens with one attached hydrogen (secondary N) is 1. The average Bonchev–Trinajstić information content (AvgIpc) is 2.37. The summed E-state index contributed by atoms with van der Waals surface area (Å²) in [4.78, 5) is 34.6. The van der Waals surface area contributed by atoms with Crippen LogP contribution in [0.15, 0.2) is 0 Å². The quantitative estimate of drug-likeness (QED) is 0.792. The second-order valence-corrected chi connectivity index (χ2v) is 6.18. The van der Waals surface area contributed by atoms with E-state index in [1.54, 1.807) is 0 Å². The highest BCUT2D eigenvalue weighted by atomic mass is 16.5. The van der Waals surface area contributed by atoms with Gasteiger partial charge in [-0.25, -0.2) is 0 Å². The first-order chi connectivity index (χ1) is 9.47. The van der Waals surface area contributed by atoms with Crippen LogP contribution in [0.25, 0.3) is 0 Å². The maximum Gasteiger partial charge on any atom is 0.255 e. The van der Waals surface area contributed by atoms with Gasteiger partial charge in [0, 0.05) is 24.9 Å². The first-order valence-corrected chi connectivity index (χ1v) is 7.46. The highest BCUT2D eigenvalue weighted by Crippen LogP contribution is 2.32. The van der Waals surface area contributed by atoms with E-state index in [1.807, 2.05) is 6.92 Å². The average molecular weight is 281 g/mol. The zero-order valence-corrected chi connectivity index (χ0v) is 12.2. The van der Waals surface area contributed by atoms with Gasteiger partial charge < -0.3 is 4.74 Å². The lowest BCUT2D eigenvalue weighted by Gasteiger charge is -2.30. The van der Waals surface area contributed by atoms with Crippen molar-refractivity contribution in [2.75, 3.05) is 6.61 Å². The second kappa shape index (κ2) is 6.48. The number of carbonyl (C=O) groups excluding carboxylic acids is 3. The Kier molecular flexibility index (Phi) is 4.91. The molecule has 1 saturated heterocycles. The van der Waals surface area contributed by atoms with E-state index in [0.29, 0.717) is 37.6 Å². The molecule has 112 valence electrons. The minimum absolute atomic E-state index is 0.0574. The van der Waals surface area contributed by atoms with Crippen molar-refractivity contribution < 1.29 is 19.1 Å². The molecule has 4 unspecified atom stereocenters. The van der Waals surface area contributed by atoms with Gasteiger partial charge in [-0.05, 0) is 31.6 Å². The van der Waals surface area contributed by atoms with Crippen molar-refractivity contribution in [3.63, 3.8) is 0 Å². The van der Waals surface area contributed by atoms with E-state index >= 15 is 0 Å². The molecule has 2 amide bonds. The van der Waals surface area contributed by atoms with Crippen LogP contribution < -0.4 is 5.32 Å². The number of amides is 2. The van der Waals surface area contributed by atoms with Gasteiger partial charge in [0.2, 0.25) is 5.91 Å². The normalized spacial score (nSPS) is 35.0. The lowest BCUT2D eigenvalue weighted by molar-refractivity contribution is -0.143. The van der Waals surface area contributed by atoms with E-state index in [-0.39, 0.29) is 23.7 Å². The van der Waals surface area contributed by atoms with Gasteiger partial charge in [0.15, 0.2) is 0 Å². The van der Waals surface area contributed by atoms with Crippen molar-refractivity contribution in [2.24, 2.45) is 17.8 Å². The lowest BCUT2D eigenvalue weighted by Crippen LogP contribution is -2.45. The molecule has 4 atom stereocenters. The van der Waals surface area contributed by atoms with Crippen LogP contribution in [0.4, 0.5) is 0 Å². The number of hydrogen-bond acceptors (Lipinski definition) is 4. The van der Waals surface area contributed by atoms with Crippen molar-refractivity contribution in [1.29, 1.82) is 0 Å². The second-order valence-electron chi connectivity index (χ2n) is 6.18. The third-order valence-corrected chi connectivity index (χ3v) is 4.30. The molecule has 0 bridgehead atoms. The summed E-state index contributed by atoms with van der Waals surface area (Å²) in [7, 11) is 0. The molecule has 0 aromatic heterocycles. The molecular weight excluding hydrogens is 258 g/mol. The summed E-state index contributed by atoms with van der Waals surface area (Å²) in [5, 5.41) is 2.27. The molecule has 0 radical (unpaired) electrons. The topological polar surface area (TPSA) is 72.5 Å². The molecule has 1 aliphatic carbocycles. The molecule has 0 aromatic carbocycles. The Morgan fingerprint density at radius 2 is 1.95 bits per heavy atom. The Hall–Kier alpha value is -1.23. The fraction of sp³-hybridized carbons (Fsp3) is 0.800. The molecule has 1 saturated carbocycles. The minimum Gasteiger partial charge on any atom is -0.368 e. The van der Waals surface area contributed by atoms with E-state index in [9.17, 15) is 14.4 Å². The molecule has 20 heavy (non-hydrogen) atoms. The molecule has 2 aliphatic rings. The molecule has 0 aromatic rings. The maximum atomic E-state index is 12.1. The summed E-state index contributed by atoms with van der Waals surface area (Å²) in [5.41, 5.74) is 0. The van der Waals surface area contributed by atoms with E-state index in [1.165, 1.54) is 0 Å². The van der Waals surface area contributed by atoms with Gasteiger partial charge in [0.05, 0.1) is 0 Å². The van der Waals surface area contributed by atoms with Crippen LogP contribution in [-0.4, -0.2) is 30.3 Å². The molecule has 1 aliphatic heterocycles. The number of imide groups is 1. The zero-order valence-electron chi connectivity index (χ0n) is 12.2. The Labute approximate surface area is 119 Å². The van der Waals surface area contributed by atoms with Crippen LogP contribution in [0.3, 0.4) is 0 Å². The van der Waals surface area contributed by atoms with Crippen LogP contribution in [0, 0.1) is 17.8 Å². The van der Waals surface area contributed by atoms with Crippen LogP contribution in [0.5, 0.6) is 0 Å². The minimum atomic E-state index is -0.541. The summed E-state index contributed by atoms with van der Waals surface area (Å²) in [6.45, 7) is 4.57. The molecule has 5 nitrogen and oxygen atoms in total. The number of piperidine rings is 1. The first kappa shape index (κ1) is 15.2. The summed E-state index contributed by atoms with van der Waals surface area (Å²) in [6.07, 6.45) is 2.79. The van der Waals surface area contributed by atoms with E-state index < -0.39 is 6.10 Å².